The van der Waals surface area contributed by atoms with Crippen molar-refractivity contribution in [3.8, 4) is 0 Å². The molecule has 0 fully saturated rings. The molecule has 2 aromatic rings. The Morgan fingerprint density at radius 3 is 2.43 bits per heavy atom. The van der Waals surface area contributed by atoms with Gasteiger partial charge in [-0.3, -0.25) is 0 Å². The molecule has 21 heavy (non-hydrogen) atoms. The topological polar surface area (TPSA) is 35.5 Å². The van der Waals surface area contributed by atoms with Crippen LogP contribution < -0.4 is 10.2 Å². The van der Waals surface area contributed by atoms with E-state index in [9.17, 15) is 4.39 Å². The third kappa shape index (κ3) is 3.95. The molecular weight excluding hydrogens is 267 g/mol. The number of benzene rings is 2. The maximum atomic E-state index is 13.7. The van der Waals surface area contributed by atoms with Crippen molar-refractivity contribution in [2.24, 2.45) is 0 Å². The SMILES string of the molecule is CC(Nc1ccc(N(C)CCO)cc1)c1ccccc1F. The minimum Gasteiger partial charge on any atom is -0.395 e. The molecule has 1 atom stereocenters. The van der Waals surface area contributed by atoms with E-state index in [1.54, 1.807) is 12.1 Å². The van der Waals surface area contributed by atoms with Crippen molar-refractivity contribution < 1.29 is 9.50 Å². The van der Waals surface area contributed by atoms with Crippen LogP contribution in [0.5, 0.6) is 0 Å². The van der Waals surface area contributed by atoms with Crippen LogP contribution in [0, 0.1) is 5.82 Å². The standard InChI is InChI=1S/C17H21FN2O/c1-13(16-5-3-4-6-17(16)18)19-14-7-9-15(10-8-14)20(2)11-12-21/h3-10,13,19,21H,11-12H2,1-2H3. The average Bonchev–Trinajstić information content (AvgIpc) is 2.48. The molecule has 4 heteroatoms. The van der Waals surface area contributed by atoms with E-state index in [1.807, 2.05) is 49.2 Å². The largest absolute Gasteiger partial charge is 0.395 e. The van der Waals surface area contributed by atoms with Gasteiger partial charge in [-0.25, -0.2) is 4.39 Å². The molecule has 0 aliphatic carbocycles. The third-order valence-corrected chi connectivity index (χ3v) is 3.50. The average molecular weight is 288 g/mol. The summed E-state index contributed by atoms with van der Waals surface area (Å²) in [6, 6.07) is 14.6. The predicted molar refractivity (Wildman–Crippen MR) is 85.2 cm³/mol. The molecule has 0 aromatic heterocycles. The Morgan fingerprint density at radius 2 is 1.81 bits per heavy atom. The molecular formula is C17H21FN2O. The zero-order valence-electron chi connectivity index (χ0n) is 12.4. The molecule has 2 rings (SSSR count). The van der Waals surface area contributed by atoms with E-state index in [1.165, 1.54) is 6.07 Å². The van der Waals surface area contributed by atoms with Crippen molar-refractivity contribution >= 4 is 11.4 Å². The van der Waals surface area contributed by atoms with Gasteiger partial charge in [-0.05, 0) is 37.3 Å². The quantitative estimate of drug-likeness (QED) is 0.855. The van der Waals surface area contributed by atoms with E-state index in [-0.39, 0.29) is 18.5 Å². The molecule has 3 nitrogen and oxygen atoms in total. The molecule has 0 heterocycles. The summed E-state index contributed by atoms with van der Waals surface area (Å²) in [6.45, 7) is 2.66. The lowest BCUT2D eigenvalue weighted by molar-refractivity contribution is 0.304. The Balaban J connectivity index is 2.05. The second-order valence-corrected chi connectivity index (χ2v) is 5.08. The minimum absolute atomic E-state index is 0.104. The van der Waals surface area contributed by atoms with Gasteiger partial charge in [-0.2, -0.15) is 0 Å². The van der Waals surface area contributed by atoms with E-state index >= 15 is 0 Å². The van der Waals surface area contributed by atoms with Crippen LogP contribution in [0.1, 0.15) is 18.5 Å². The maximum absolute atomic E-state index is 13.7. The van der Waals surface area contributed by atoms with E-state index < -0.39 is 0 Å². The predicted octanol–water partition coefficient (Wildman–Crippen LogP) is 3.43. The normalized spacial score (nSPS) is 12.0. The van der Waals surface area contributed by atoms with Gasteiger partial charge in [0.05, 0.1) is 12.6 Å². The van der Waals surface area contributed by atoms with Crippen molar-refractivity contribution in [3.63, 3.8) is 0 Å². The fraction of sp³-hybridized carbons (Fsp3) is 0.294. The van der Waals surface area contributed by atoms with Gasteiger partial charge in [0.15, 0.2) is 0 Å². The number of hydrogen-bond donors (Lipinski definition) is 2. The second-order valence-electron chi connectivity index (χ2n) is 5.08. The summed E-state index contributed by atoms with van der Waals surface area (Å²) in [6.07, 6.45) is 0. The van der Waals surface area contributed by atoms with Crippen LogP contribution in [-0.2, 0) is 0 Å². The fourth-order valence-electron chi connectivity index (χ4n) is 2.25. The summed E-state index contributed by atoms with van der Waals surface area (Å²) in [5, 5.41) is 12.2. The Morgan fingerprint density at radius 1 is 1.14 bits per heavy atom. The number of nitrogens with zero attached hydrogens (tertiary/aromatic N) is 1. The maximum Gasteiger partial charge on any atom is 0.128 e. The number of halogens is 1. The molecule has 0 aliphatic heterocycles. The zero-order chi connectivity index (χ0) is 15.2. The van der Waals surface area contributed by atoms with Crippen LogP contribution in [-0.4, -0.2) is 25.3 Å². The molecule has 0 bridgehead atoms. The summed E-state index contributed by atoms with van der Waals surface area (Å²) >= 11 is 0. The smallest absolute Gasteiger partial charge is 0.128 e. The van der Waals surface area contributed by atoms with Gasteiger partial charge in [0.2, 0.25) is 0 Å². The van der Waals surface area contributed by atoms with Crippen molar-refractivity contribution in [2.45, 2.75) is 13.0 Å². The summed E-state index contributed by atoms with van der Waals surface area (Å²) in [7, 11) is 1.93. The number of aliphatic hydroxyl groups excluding tert-OH is 1. The van der Waals surface area contributed by atoms with Crippen molar-refractivity contribution in [3.05, 3.63) is 59.9 Å². The molecule has 0 amide bonds. The number of aliphatic hydroxyl groups is 1. The van der Waals surface area contributed by atoms with Crippen LogP contribution in [0.15, 0.2) is 48.5 Å². The highest BCUT2D eigenvalue weighted by Gasteiger charge is 2.10. The molecule has 0 radical (unpaired) electrons. The lowest BCUT2D eigenvalue weighted by atomic mass is 10.1. The van der Waals surface area contributed by atoms with E-state index in [0.717, 1.165) is 11.4 Å². The van der Waals surface area contributed by atoms with Gasteiger partial charge in [0, 0.05) is 30.5 Å². The Kier molecular flexibility index (Phi) is 5.17. The lowest BCUT2D eigenvalue weighted by Gasteiger charge is -2.20. The highest BCUT2D eigenvalue weighted by molar-refractivity contribution is 5.55. The van der Waals surface area contributed by atoms with Crippen molar-refractivity contribution in [1.29, 1.82) is 0 Å². The van der Waals surface area contributed by atoms with E-state index in [4.69, 9.17) is 5.11 Å². The number of likely N-dealkylation sites (N-methyl/N-ethyl adjacent to an activating group) is 1. The first-order valence-corrected chi connectivity index (χ1v) is 7.05. The van der Waals surface area contributed by atoms with Crippen LogP contribution in [0.4, 0.5) is 15.8 Å². The molecule has 0 saturated carbocycles. The first kappa shape index (κ1) is 15.3. The Hall–Kier alpha value is -2.07. The van der Waals surface area contributed by atoms with Gasteiger partial charge >= 0.3 is 0 Å². The molecule has 1 unspecified atom stereocenters. The number of nitrogens with one attached hydrogen (secondary N) is 1. The molecule has 2 aromatic carbocycles. The molecule has 0 spiro atoms. The summed E-state index contributed by atoms with van der Waals surface area (Å²) < 4.78 is 13.7. The van der Waals surface area contributed by atoms with Crippen molar-refractivity contribution in [2.75, 3.05) is 30.4 Å². The molecule has 112 valence electrons. The van der Waals surface area contributed by atoms with E-state index in [0.29, 0.717) is 12.1 Å². The molecule has 2 N–H and O–H groups in total. The second kappa shape index (κ2) is 7.09. The first-order valence-electron chi connectivity index (χ1n) is 7.05. The monoisotopic (exact) mass is 288 g/mol. The van der Waals surface area contributed by atoms with E-state index in [2.05, 4.69) is 5.32 Å². The summed E-state index contributed by atoms with van der Waals surface area (Å²) in [4.78, 5) is 1.98. The Labute approximate surface area is 125 Å². The molecule has 0 saturated heterocycles. The number of anilines is 2. The van der Waals surface area contributed by atoms with Crippen LogP contribution in [0.3, 0.4) is 0 Å². The van der Waals surface area contributed by atoms with Gasteiger partial charge in [-0.15, -0.1) is 0 Å². The lowest BCUT2D eigenvalue weighted by Crippen LogP contribution is -2.20. The Bertz CT molecular complexity index is 571. The summed E-state index contributed by atoms with van der Waals surface area (Å²) in [5.41, 5.74) is 2.62. The number of hydrogen-bond acceptors (Lipinski definition) is 3. The number of rotatable bonds is 6. The summed E-state index contributed by atoms with van der Waals surface area (Å²) in [5.74, 6) is -0.197. The molecule has 0 aliphatic rings. The van der Waals surface area contributed by atoms with Crippen molar-refractivity contribution in [1.82, 2.24) is 0 Å². The zero-order valence-corrected chi connectivity index (χ0v) is 12.4. The van der Waals surface area contributed by atoms with Gasteiger partial charge in [0.1, 0.15) is 5.82 Å². The van der Waals surface area contributed by atoms with Crippen LogP contribution in [0.2, 0.25) is 0 Å². The van der Waals surface area contributed by atoms with Crippen LogP contribution >= 0.6 is 0 Å². The fourth-order valence-corrected chi connectivity index (χ4v) is 2.25. The minimum atomic E-state index is -0.197. The highest BCUT2D eigenvalue weighted by Crippen LogP contribution is 2.23. The third-order valence-electron chi connectivity index (χ3n) is 3.50. The van der Waals surface area contributed by atoms with Gasteiger partial charge in [0.25, 0.3) is 0 Å². The van der Waals surface area contributed by atoms with Gasteiger partial charge in [-0.1, -0.05) is 18.2 Å². The first-order chi connectivity index (χ1) is 10.1. The highest BCUT2D eigenvalue weighted by atomic mass is 19.1. The van der Waals surface area contributed by atoms with Gasteiger partial charge < -0.3 is 15.3 Å². The van der Waals surface area contributed by atoms with Crippen LogP contribution in [0.25, 0.3) is 0 Å².